The number of rotatable bonds is 5. The average molecular weight is 362 g/mol. The highest BCUT2D eigenvalue weighted by Gasteiger charge is 2.47. The van der Waals surface area contributed by atoms with Crippen LogP contribution in [0.15, 0.2) is 18.2 Å². The molecule has 1 saturated heterocycles. The van der Waals surface area contributed by atoms with Gasteiger partial charge < -0.3 is 14.7 Å². The lowest BCUT2D eigenvalue weighted by Crippen LogP contribution is -2.46. The summed E-state index contributed by atoms with van der Waals surface area (Å²) in [5.74, 6) is -1.20. The molecule has 3 atom stereocenters. The number of ether oxygens (including phenoxy) is 1. The van der Waals surface area contributed by atoms with Crippen molar-refractivity contribution >= 4 is 17.6 Å². The Hall–Kier alpha value is -2.64. The van der Waals surface area contributed by atoms with Crippen molar-refractivity contribution in [2.45, 2.75) is 51.1 Å². The molecular formula is C18H22N2O6. The van der Waals surface area contributed by atoms with Gasteiger partial charge in [-0.1, -0.05) is 12.8 Å². The summed E-state index contributed by atoms with van der Waals surface area (Å²) in [5.41, 5.74) is -0.165. The number of nitro benzene ring substituents is 1. The Morgan fingerprint density at radius 2 is 2.08 bits per heavy atom. The van der Waals surface area contributed by atoms with Gasteiger partial charge in [-0.05, 0) is 44.2 Å². The van der Waals surface area contributed by atoms with Crippen LogP contribution in [0, 0.1) is 16.0 Å². The molecule has 1 amide bonds. The Morgan fingerprint density at radius 1 is 1.35 bits per heavy atom. The second-order valence-corrected chi connectivity index (χ2v) is 6.79. The lowest BCUT2D eigenvalue weighted by molar-refractivity contribution is -0.385. The van der Waals surface area contributed by atoms with Crippen molar-refractivity contribution in [3.8, 4) is 5.75 Å². The predicted octanol–water partition coefficient (Wildman–Crippen LogP) is 2.85. The molecule has 1 aromatic rings. The molecule has 3 rings (SSSR count). The van der Waals surface area contributed by atoms with E-state index in [1.165, 1.54) is 23.1 Å². The molecule has 26 heavy (non-hydrogen) atoms. The van der Waals surface area contributed by atoms with Gasteiger partial charge in [0.05, 0.1) is 11.5 Å². The van der Waals surface area contributed by atoms with E-state index in [1.807, 2.05) is 0 Å². The fraction of sp³-hybridized carbons (Fsp3) is 0.556. The first-order valence-corrected chi connectivity index (χ1v) is 8.90. The molecule has 1 N–H and O–H groups in total. The van der Waals surface area contributed by atoms with Gasteiger partial charge in [-0.3, -0.25) is 14.9 Å². The van der Waals surface area contributed by atoms with E-state index in [1.54, 1.807) is 6.92 Å². The Labute approximate surface area is 150 Å². The number of nitrogens with zero attached hydrogens (tertiary/aromatic N) is 2. The largest absolute Gasteiger partial charge is 0.487 e. The van der Waals surface area contributed by atoms with Crippen molar-refractivity contribution in [1.82, 2.24) is 4.90 Å². The fourth-order valence-electron chi connectivity index (χ4n) is 4.19. The number of carboxylic acids is 1. The quantitative estimate of drug-likeness (QED) is 0.637. The average Bonchev–Trinajstić information content (AvgIpc) is 3.01. The SMILES string of the molecule is CCOc1ccc(C(=O)N2C(C(=O)O)CC3CCCCC32)cc1[N+](=O)[O-]. The third-order valence-corrected chi connectivity index (χ3v) is 5.31. The molecule has 0 bridgehead atoms. The summed E-state index contributed by atoms with van der Waals surface area (Å²) in [7, 11) is 0. The van der Waals surface area contributed by atoms with Crippen LogP contribution in [-0.2, 0) is 4.79 Å². The molecule has 2 aliphatic rings. The summed E-state index contributed by atoms with van der Waals surface area (Å²) < 4.78 is 5.24. The lowest BCUT2D eigenvalue weighted by Gasteiger charge is -2.33. The van der Waals surface area contributed by atoms with E-state index in [9.17, 15) is 24.8 Å². The van der Waals surface area contributed by atoms with E-state index in [4.69, 9.17) is 4.74 Å². The molecule has 3 unspecified atom stereocenters. The number of benzene rings is 1. The van der Waals surface area contributed by atoms with Crippen molar-refractivity contribution in [3.63, 3.8) is 0 Å². The van der Waals surface area contributed by atoms with E-state index in [0.717, 1.165) is 25.7 Å². The Morgan fingerprint density at radius 3 is 2.73 bits per heavy atom. The summed E-state index contributed by atoms with van der Waals surface area (Å²) in [6, 6.07) is 3.07. The molecule has 1 heterocycles. The first-order chi connectivity index (χ1) is 12.4. The summed E-state index contributed by atoms with van der Waals surface area (Å²) in [6.07, 6.45) is 4.15. The van der Waals surface area contributed by atoms with Crippen molar-refractivity contribution in [3.05, 3.63) is 33.9 Å². The van der Waals surface area contributed by atoms with Crippen LogP contribution in [0.4, 0.5) is 5.69 Å². The number of carbonyl (C=O) groups is 2. The van der Waals surface area contributed by atoms with Gasteiger partial charge in [-0.2, -0.15) is 0 Å². The first-order valence-electron chi connectivity index (χ1n) is 8.90. The van der Waals surface area contributed by atoms with Crippen molar-refractivity contribution in [2.24, 2.45) is 5.92 Å². The molecule has 8 heteroatoms. The van der Waals surface area contributed by atoms with Crippen LogP contribution in [0.3, 0.4) is 0 Å². The van der Waals surface area contributed by atoms with Crippen LogP contribution in [0.1, 0.15) is 49.4 Å². The maximum atomic E-state index is 13.1. The van der Waals surface area contributed by atoms with Crippen molar-refractivity contribution < 1.29 is 24.4 Å². The molecule has 0 aromatic heterocycles. The smallest absolute Gasteiger partial charge is 0.326 e. The van der Waals surface area contributed by atoms with Gasteiger partial charge in [0, 0.05) is 17.7 Å². The first kappa shape index (κ1) is 18.2. The molecule has 1 aliphatic heterocycles. The number of carboxylic acid groups (broad SMARTS) is 1. The number of hydrogen-bond donors (Lipinski definition) is 1. The fourth-order valence-corrected chi connectivity index (χ4v) is 4.19. The monoisotopic (exact) mass is 362 g/mol. The number of amides is 1. The summed E-state index contributed by atoms with van der Waals surface area (Å²) in [5, 5.41) is 20.9. The maximum absolute atomic E-state index is 13.1. The molecule has 1 aromatic carbocycles. The number of likely N-dealkylation sites (tertiary alicyclic amines) is 1. The Bertz CT molecular complexity index is 734. The zero-order valence-electron chi connectivity index (χ0n) is 14.6. The molecular weight excluding hydrogens is 340 g/mol. The molecule has 1 aliphatic carbocycles. The van der Waals surface area contributed by atoms with Crippen LogP contribution in [-0.4, -0.2) is 45.5 Å². The molecule has 1 saturated carbocycles. The van der Waals surface area contributed by atoms with E-state index in [0.29, 0.717) is 6.42 Å². The van der Waals surface area contributed by atoms with Gasteiger partial charge in [-0.15, -0.1) is 0 Å². The maximum Gasteiger partial charge on any atom is 0.326 e. The molecule has 0 spiro atoms. The highest BCUT2D eigenvalue weighted by atomic mass is 16.6. The zero-order chi connectivity index (χ0) is 18.8. The van der Waals surface area contributed by atoms with Crippen molar-refractivity contribution in [1.29, 1.82) is 0 Å². The van der Waals surface area contributed by atoms with Crippen LogP contribution in [0.5, 0.6) is 5.75 Å². The molecule has 140 valence electrons. The van der Waals surface area contributed by atoms with Crippen LogP contribution >= 0.6 is 0 Å². The Kier molecular flexibility index (Phi) is 5.11. The summed E-state index contributed by atoms with van der Waals surface area (Å²) in [4.78, 5) is 36.9. The number of aliphatic carboxylic acids is 1. The van der Waals surface area contributed by atoms with Crippen molar-refractivity contribution in [2.75, 3.05) is 6.61 Å². The van der Waals surface area contributed by atoms with Gasteiger partial charge in [0.2, 0.25) is 0 Å². The van der Waals surface area contributed by atoms with Crippen LogP contribution in [0.2, 0.25) is 0 Å². The van der Waals surface area contributed by atoms with Gasteiger partial charge in [-0.25, -0.2) is 4.79 Å². The van der Waals surface area contributed by atoms with Gasteiger partial charge in [0.1, 0.15) is 6.04 Å². The standard InChI is InChI=1S/C18H22N2O6/c1-2-26-16-8-7-12(10-14(16)20(24)25)17(21)19-13-6-4-3-5-11(13)9-15(19)18(22)23/h7-8,10-11,13,15H,2-6,9H2,1H3,(H,22,23). The zero-order valence-corrected chi connectivity index (χ0v) is 14.6. The second kappa shape index (κ2) is 7.31. The summed E-state index contributed by atoms with van der Waals surface area (Å²) in [6.45, 7) is 1.98. The van der Waals surface area contributed by atoms with E-state index in [2.05, 4.69) is 0 Å². The minimum atomic E-state index is -1.02. The lowest BCUT2D eigenvalue weighted by atomic mass is 9.84. The Balaban J connectivity index is 1.95. The third-order valence-electron chi connectivity index (χ3n) is 5.31. The van der Waals surface area contributed by atoms with Gasteiger partial charge in [0.15, 0.2) is 5.75 Å². The van der Waals surface area contributed by atoms with Crippen LogP contribution in [0.25, 0.3) is 0 Å². The number of fused-ring (bicyclic) bond motifs is 1. The van der Waals surface area contributed by atoms with E-state index < -0.39 is 22.8 Å². The highest BCUT2D eigenvalue weighted by molar-refractivity contribution is 5.98. The predicted molar refractivity (Wildman–Crippen MR) is 92.2 cm³/mol. The topological polar surface area (TPSA) is 110 Å². The molecule has 0 radical (unpaired) electrons. The van der Waals surface area contributed by atoms with E-state index >= 15 is 0 Å². The summed E-state index contributed by atoms with van der Waals surface area (Å²) >= 11 is 0. The minimum Gasteiger partial charge on any atom is -0.487 e. The normalized spacial score (nSPS) is 24.8. The number of hydrogen-bond acceptors (Lipinski definition) is 5. The van der Waals surface area contributed by atoms with E-state index in [-0.39, 0.29) is 35.6 Å². The number of carbonyl (C=O) groups excluding carboxylic acids is 1. The molecule has 2 fully saturated rings. The van der Waals surface area contributed by atoms with Gasteiger partial charge in [0.25, 0.3) is 5.91 Å². The number of nitro groups is 1. The van der Waals surface area contributed by atoms with Crippen LogP contribution < -0.4 is 4.74 Å². The minimum absolute atomic E-state index is 0.0980. The highest BCUT2D eigenvalue weighted by Crippen LogP contribution is 2.41. The third kappa shape index (κ3) is 3.23. The second-order valence-electron chi connectivity index (χ2n) is 6.79. The molecule has 8 nitrogen and oxygen atoms in total. The van der Waals surface area contributed by atoms with Gasteiger partial charge >= 0.3 is 11.7 Å².